The number of aromatic nitrogens is 8. The first-order valence-electron chi connectivity index (χ1n) is 47.8. The fourth-order valence-electron chi connectivity index (χ4n) is 20.5. The molecule has 9 aromatic rings. The van der Waals surface area contributed by atoms with Crippen LogP contribution in [0.15, 0.2) is 163 Å². The Labute approximate surface area is 851 Å². The molecule has 6 amide bonds. The number of thioether (sulfide) groups is 4. The molecular formula is C106H125N17O16S4. The first-order valence-corrected chi connectivity index (χ1v) is 51.7. The number of nitriles is 3. The van der Waals surface area contributed by atoms with Gasteiger partial charge in [0.1, 0.15) is 40.3 Å². The zero-order valence-corrected chi connectivity index (χ0v) is 87.0. The van der Waals surface area contributed by atoms with Crippen LogP contribution >= 0.6 is 47.0 Å². The second-order valence-corrected chi connectivity index (χ2v) is 42.4. The van der Waals surface area contributed by atoms with Crippen LogP contribution in [-0.2, 0) is 86.4 Å². The maximum Gasteiger partial charge on any atom is 0.410 e. The van der Waals surface area contributed by atoms with Crippen molar-refractivity contribution in [2.45, 2.75) is 185 Å². The van der Waals surface area contributed by atoms with Gasteiger partial charge in [-0.2, -0.15) is 20.8 Å². The predicted octanol–water partition coefficient (Wildman–Crippen LogP) is 16.4. The van der Waals surface area contributed by atoms with Crippen molar-refractivity contribution in [3.63, 3.8) is 0 Å². The van der Waals surface area contributed by atoms with Gasteiger partial charge in [-0.1, -0.05) is 77.4 Å². The van der Waals surface area contributed by atoms with Gasteiger partial charge in [0.15, 0.2) is 27.2 Å². The Morgan fingerprint density at radius 3 is 1.16 bits per heavy atom. The molecule has 4 aliphatic carbocycles. The highest BCUT2D eigenvalue weighted by molar-refractivity contribution is 7.99. The molecule has 0 saturated carbocycles. The predicted molar refractivity (Wildman–Crippen MR) is 553 cm³/mol. The number of allylic oxidation sites excluding steroid dienone is 2. The topological polar surface area (TPSA) is 390 Å². The molecule has 5 aromatic carbocycles. The molecule has 754 valence electrons. The largest absolute Gasteiger partial charge is 0.497 e. The Kier molecular flexibility index (Phi) is 34.3. The lowest BCUT2D eigenvalue weighted by molar-refractivity contribution is 0.0150. The third kappa shape index (κ3) is 23.3. The Morgan fingerprint density at radius 2 is 0.804 bits per heavy atom. The summed E-state index contributed by atoms with van der Waals surface area (Å²) in [4.78, 5) is 124. The second kappa shape index (κ2) is 46.3. The van der Waals surface area contributed by atoms with E-state index in [1.54, 1.807) is 92.4 Å². The van der Waals surface area contributed by atoms with E-state index >= 15 is 0 Å². The third-order valence-corrected chi connectivity index (χ3v) is 30.8. The van der Waals surface area contributed by atoms with Crippen molar-refractivity contribution in [1.29, 1.82) is 15.8 Å². The van der Waals surface area contributed by atoms with Crippen LogP contribution in [-0.4, -0.2) is 239 Å². The average molecular weight is 2020 g/mol. The Balaban J connectivity index is 0.000000152. The molecular weight excluding hydrogens is 1900 g/mol. The van der Waals surface area contributed by atoms with Crippen molar-refractivity contribution in [2.24, 2.45) is 7.05 Å². The minimum absolute atomic E-state index is 0.0142. The van der Waals surface area contributed by atoms with Gasteiger partial charge in [-0.05, 0) is 226 Å². The molecule has 0 unspecified atom stereocenters. The molecule has 143 heavy (non-hydrogen) atoms. The highest BCUT2D eigenvalue weighted by Gasteiger charge is 2.52. The van der Waals surface area contributed by atoms with Crippen LogP contribution in [0.4, 0.5) is 24.9 Å². The van der Waals surface area contributed by atoms with Crippen molar-refractivity contribution >= 4 is 77.0 Å². The van der Waals surface area contributed by atoms with Gasteiger partial charge in [-0.25, -0.2) is 39.1 Å². The fourth-order valence-corrected chi connectivity index (χ4v) is 23.4. The Hall–Kier alpha value is -12.8. The third-order valence-electron chi connectivity index (χ3n) is 27.3. The summed E-state index contributed by atoms with van der Waals surface area (Å²) in [7, 11) is 13.3. The van der Waals surface area contributed by atoms with E-state index in [0.29, 0.717) is 199 Å². The van der Waals surface area contributed by atoms with Crippen LogP contribution in [0.2, 0.25) is 0 Å². The number of anilines is 1. The number of amides is 6. The highest BCUT2D eigenvalue weighted by atomic mass is 32.2. The first-order chi connectivity index (χ1) is 68.7. The Bertz CT molecular complexity index is 6560. The molecule has 0 radical (unpaired) electrons. The number of likely N-dealkylation sites (tertiary alicyclic amines) is 4. The number of para-hydroxylation sites is 1. The monoisotopic (exact) mass is 2020 g/mol. The standard InChI is InChI=1S/C30H34N4O4S.C26H29N5O4S.C25H30N4O4S.C25H32N4O4S/c1-4-14-34-27(35)25-26(32-29(34)39-18-17-37-2)24-11-10-23(38-3)19-21(24)20-30(25)12-15-33(16-13-30)28(36)31-22-8-6-5-7-9-22;1-25(2,3)35-24(32)31-11-7-26(8-12-31)16-17-15-18(33-4)5-6-19(17)21-20(26)22(34-13-9-27)30-23(29-21)36-14-10-28;1-24(2,3)33-23(31)29-11-8-25(9-12-29)15-16-14-17(32-5)6-7-18(16)20-19(25)21(30)28(4)22(27-20)34-13-10-26;1-5-10-29-22(30)20-21(27-24(29)34-14-13-32-3)19-7-6-18(33-4)15-17(19)16-25(20)8-11-28(12-9-25)23(31)26-2/h4-11,19H,1,12-18,20H2,2-3H3,(H,31,36);5-6,15H,7-8,11-14,16H2,1-4H3;6-7,14H,8-9,11-13,15H2,1-5H3;5-7,15H,1,8-14,16H2,2-4H3,(H,26,31). The second-order valence-electron chi connectivity index (χ2n) is 38.4. The SMILES string of the molecule is C=CCn1c(SCCOC)nc2c(c1=O)C1(CCN(C(=O)NC)CC1)Cc1cc(OC)ccc1-2.C=CCn1c(SCCOC)nc2c(c1=O)C1(CCN(C(=O)Nc3ccccc3)CC1)Cc1cc(OC)ccc1-2.COc1ccc2c(c1)CC1(CCN(C(=O)OC(C)(C)C)CC1)c1c(OCC#N)nc(SCC#N)nc1-2.COc1ccc2c(c1)CC1(CCN(C(=O)OC(C)(C)C)CC1)c1c-2nc(SCC#N)n(C)c1=O. The number of hydrogen-bond acceptors (Lipinski definition) is 28. The van der Waals surface area contributed by atoms with Gasteiger partial charge in [0.2, 0.25) is 5.88 Å². The molecule has 37 heteroatoms. The van der Waals surface area contributed by atoms with Crippen molar-refractivity contribution in [3.8, 4) is 92.1 Å². The van der Waals surface area contributed by atoms with E-state index in [1.807, 2.05) is 148 Å². The van der Waals surface area contributed by atoms with Crippen molar-refractivity contribution in [3.05, 3.63) is 204 Å². The van der Waals surface area contributed by atoms with Gasteiger partial charge < -0.3 is 72.9 Å². The van der Waals surface area contributed by atoms with Crippen molar-refractivity contribution in [2.75, 3.05) is 150 Å². The summed E-state index contributed by atoms with van der Waals surface area (Å²) >= 11 is 5.52. The van der Waals surface area contributed by atoms with Gasteiger partial charge in [-0.3, -0.25) is 28.1 Å². The van der Waals surface area contributed by atoms with E-state index in [1.165, 1.54) is 47.0 Å². The number of nitrogens with zero attached hydrogens (tertiary/aromatic N) is 15. The normalized spacial score (nSPS) is 15.9. The van der Waals surface area contributed by atoms with E-state index in [0.717, 1.165) is 113 Å². The van der Waals surface area contributed by atoms with Gasteiger partial charge in [0, 0.05) is 160 Å². The smallest absolute Gasteiger partial charge is 0.410 e. The van der Waals surface area contributed by atoms with Gasteiger partial charge >= 0.3 is 24.2 Å². The summed E-state index contributed by atoms with van der Waals surface area (Å²) in [6.45, 7) is 24.9. The number of urea groups is 2. The van der Waals surface area contributed by atoms with Gasteiger partial charge in [0.25, 0.3) is 16.7 Å². The van der Waals surface area contributed by atoms with Crippen LogP contribution in [0.25, 0.3) is 45.0 Å². The number of carbonyl (C=O) groups excluding carboxylic acids is 4. The molecule has 8 aliphatic rings. The lowest BCUT2D eigenvalue weighted by Crippen LogP contribution is -2.52. The van der Waals surface area contributed by atoms with E-state index in [-0.39, 0.29) is 64.5 Å². The summed E-state index contributed by atoms with van der Waals surface area (Å²) in [5, 5.41) is 35.3. The van der Waals surface area contributed by atoms with Gasteiger partial charge in [-0.15, -0.1) is 13.2 Å². The number of fused-ring (bicyclic) bond motifs is 16. The number of nitrogens with one attached hydrogen (secondary N) is 2. The molecule has 4 saturated heterocycles. The maximum atomic E-state index is 14.2. The van der Waals surface area contributed by atoms with Gasteiger partial charge in [0.05, 0.1) is 105 Å². The molecule has 4 spiro atoms. The fraction of sp³-hybridized carbons (Fsp3) is 0.462. The minimum Gasteiger partial charge on any atom is -0.497 e. The van der Waals surface area contributed by atoms with Crippen LogP contribution < -0.4 is 51.0 Å². The van der Waals surface area contributed by atoms with Crippen LogP contribution in [0.3, 0.4) is 0 Å². The molecule has 0 bridgehead atoms. The number of piperidine rings is 4. The van der Waals surface area contributed by atoms with E-state index < -0.39 is 27.4 Å². The summed E-state index contributed by atoms with van der Waals surface area (Å²) in [6.07, 6.45) is 10.9. The van der Waals surface area contributed by atoms with Crippen molar-refractivity contribution < 1.29 is 61.8 Å². The van der Waals surface area contributed by atoms with Crippen molar-refractivity contribution in [1.82, 2.24) is 63.5 Å². The lowest BCUT2D eigenvalue weighted by atomic mass is 9.64. The number of methoxy groups -OCH3 is 6. The minimum atomic E-state index is -0.567. The number of benzene rings is 5. The zero-order chi connectivity index (χ0) is 102. The zero-order valence-electron chi connectivity index (χ0n) is 83.8. The molecule has 2 N–H and O–H groups in total. The summed E-state index contributed by atoms with van der Waals surface area (Å²) in [5.41, 5.74) is 12.1. The Morgan fingerprint density at radius 1 is 0.448 bits per heavy atom. The maximum absolute atomic E-state index is 14.2. The van der Waals surface area contributed by atoms with Crippen LogP contribution in [0.5, 0.6) is 28.9 Å². The molecule has 4 aromatic heterocycles. The number of ether oxygens (including phenoxy) is 9. The first kappa shape index (κ1) is 106. The van der Waals surface area contributed by atoms with E-state index in [4.69, 9.17) is 73.1 Å². The molecule has 0 atom stereocenters. The molecule has 8 heterocycles. The van der Waals surface area contributed by atoms with Crippen LogP contribution in [0, 0.1) is 34.0 Å². The lowest BCUT2D eigenvalue weighted by Gasteiger charge is -2.45. The average Bonchev–Trinajstić information content (AvgIpc) is 0.811. The summed E-state index contributed by atoms with van der Waals surface area (Å²) in [6, 6.07) is 39.2. The quantitative estimate of drug-likeness (QED) is 0.0260. The number of hydrogen-bond donors (Lipinski definition) is 2. The number of rotatable bonds is 23. The summed E-state index contributed by atoms with van der Waals surface area (Å²) < 4.78 is 54.5. The number of carbonyl (C=O) groups is 4. The van der Waals surface area contributed by atoms with Crippen LogP contribution in [0.1, 0.15) is 137 Å². The summed E-state index contributed by atoms with van der Waals surface area (Å²) in [5.74, 6) is 5.24. The molecule has 4 aliphatic heterocycles. The molecule has 33 nitrogen and oxygen atoms in total. The highest BCUT2D eigenvalue weighted by Crippen LogP contribution is 2.55. The molecule has 4 fully saturated rings. The van der Waals surface area contributed by atoms with E-state index in [2.05, 4.69) is 53.0 Å². The molecule has 17 rings (SSSR count). The van der Waals surface area contributed by atoms with E-state index in [9.17, 15) is 38.8 Å².